The summed E-state index contributed by atoms with van der Waals surface area (Å²) in [7, 11) is 2.27. The second-order valence-electron chi connectivity index (χ2n) is 6.63. The van der Waals surface area contributed by atoms with E-state index in [-0.39, 0.29) is 12.0 Å². The van der Waals surface area contributed by atoms with Crippen LogP contribution in [0.2, 0.25) is 0 Å². The zero-order valence-electron chi connectivity index (χ0n) is 12.5. The molecule has 108 valence electrons. The molecule has 0 unspecified atom stereocenters. The predicted octanol–water partition coefficient (Wildman–Crippen LogP) is 2.25. The van der Waals surface area contributed by atoms with Gasteiger partial charge in [0.15, 0.2) is 0 Å². The lowest BCUT2D eigenvalue weighted by atomic mass is 9.94. The van der Waals surface area contributed by atoms with Crippen LogP contribution in [0.1, 0.15) is 52.4 Å². The standard InChI is InChI=1S/C15H32N2O/c1-15(2,13-18)12-16-10-7-11-17(3)14-8-5-4-6-9-14/h14,16,18H,4-13H2,1-3H3. The molecule has 0 aliphatic heterocycles. The van der Waals surface area contributed by atoms with Gasteiger partial charge in [-0.15, -0.1) is 0 Å². The van der Waals surface area contributed by atoms with Crippen molar-refractivity contribution in [2.45, 2.75) is 58.4 Å². The molecule has 0 spiro atoms. The number of hydrogen-bond acceptors (Lipinski definition) is 3. The zero-order valence-corrected chi connectivity index (χ0v) is 12.5. The number of rotatable bonds is 8. The first-order chi connectivity index (χ1) is 8.55. The van der Waals surface area contributed by atoms with Crippen molar-refractivity contribution >= 4 is 0 Å². The summed E-state index contributed by atoms with van der Waals surface area (Å²) in [5, 5.41) is 12.6. The molecule has 0 atom stereocenters. The van der Waals surface area contributed by atoms with Gasteiger partial charge in [0.1, 0.15) is 0 Å². The molecule has 1 fully saturated rings. The Morgan fingerprint density at radius 3 is 2.50 bits per heavy atom. The molecule has 0 aromatic heterocycles. The van der Waals surface area contributed by atoms with Crippen LogP contribution in [-0.4, -0.2) is 49.3 Å². The second kappa shape index (κ2) is 8.13. The minimum atomic E-state index is 0.00920. The van der Waals surface area contributed by atoms with E-state index in [4.69, 9.17) is 5.11 Å². The van der Waals surface area contributed by atoms with Gasteiger partial charge in [-0.1, -0.05) is 33.1 Å². The maximum atomic E-state index is 9.16. The van der Waals surface area contributed by atoms with Crippen LogP contribution in [0.3, 0.4) is 0 Å². The topological polar surface area (TPSA) is 35.5 Å². The highest BCUT2D eigenvalue weighted by Crippen LogP contribution is 2.21. The SMILES string of the molecule is CN(CCCNCC(C)(C)CO)C1CCCCC1. The quantitative estimate of drug-likeness (QED) is 0.654. The molecule has 0 saturated heterocycles. The molecule has 3 heteroatoms. The Labute approximate surface area is 113 Å². The summed E-state index contributed by atoms with van der Waals surface area (Å²) in [5.41, 5.74) is 0.00920. The van der Waals surface area contributed by atoms with Crippen LogP contribution >= 0.6 is 0 Å². The summed E-state index contributed by atoms with van der Waals surface area (Å²) >= 11 is 0. The van der Waals surface area contributed by atoms with Crippen LogP contribution < -0.4 is 5.32 Å². The molecule has 18 heavy (non-hydrogen) atoms. The Bertz CT molecular complexity index is 213. The Morgan fingerprint density at radius 1 is 1.22 bits per heavy atom. The highest BCUT2D eigenvalue weighted by molar-refractivity contribution is 4.74. The van der Waals surface area contributed by atoms with E-state index in [0.29, 0.717) is 0 Å². The van der Waals surface area contributed by atoms with E-state index in [0.717, 1.165) is 19.1 Å². The number of hydrogen-bond donors (Lipinski definition) is 2. The van der Waals surface area contributed by atoms with Crippen molar-refractivity contribution in [3.8, 4) is 0 Å². The third-order valence-corrected chi connectivity index (χ3v) is 4.09. The Morgan fingerprint density at radius 2 is 1.89 bits per heavy atom. The Balaban J connectivity index is 2.03. The molecule has 1 saturated carbocycles. The van der Waals surface area contributed by atoms with Gasteiger partial charge in [0.25, 0.3) is 0 Å². The highest BCUT2D eigenvalue weighted by atomic mass is 16.3. The fourth-order valence-corrected chi connectivity index (χ4v) is 2.64. The van der Waals surface area contributed by atoms with Gasteiger partial charge in [0.2, 0.25) is 0 Å². The number of nitrogens with one attached hydrogen (secondary N) is 1. The molecule has 0 amide bonds. The normalized spacial score (nSPS) is 18.5. The van der Waals surface area contributed by atoms with Crippen LogP contribution in [0.4, 0.5) is 0 Å². The van der Waals surface area contributed by atoms with Gasteiger partial charge in [-0.3, -0.25) is 0 Å². The van der Waals surface area contributed by atoms with E-state index in [2.05, 4.69) is 31.1 Å². The smallest absolute Gasteiger partial charge is 0.0494 e. The summed E-state index contributed by atoms with van der Waals surface area (Å²) in [6.07, 6.45) is 8.25. The lowest BCUT2D eigenvalue weighted by molar-refractivity contribution is 0.155. The zero-order chi connectivity index (χ0) is 13.4. The number of aliphatic hydroxyl groups excluding tert-OH is 1. The molecule has 0 aromatic rings. The molecular formula is C15H32N2O. The summed E-state index contributed by atoms with van der Waals surface area (Å²) < 4.78 is 0. The van der Waals surface area contributed by atoms with Gasteiger partial charge in [-0.2, -0.15) is 0 Å². The molecule has 0 radical (unpaired) electrons. The maximum absolute atomic E-state index is 9.16. The first-order valence-electron chi connectivity index (χ1n) is 7.57. The first kappa shape index (κ1) is 15.9. The highest BCUT2D eigenvalue weighted by Gasteiger charge is 2.18. The number of nitrogens with zero attached hydrogens (tertiary/aromatic N) is 1. The monoisotopic (exact) mass is 256 g/mol. The van der Waals surface area contributed by atoms with E-state index in [1.807, 2.05) is 0 Å². The van der Waals surface area contributed by atoms with Gasteiger partial charge in [-0.25, -0.2) is 0 Å². The van der Waals surface area contributed by atoms with E-state index in [1.54, 1.807) is 0 Å². The Kier molecular flexibility index (Phi) is 7.20. The second-order valence-corrected chi connectivity index (χ2v) is 6.63. The van der Waals surface area contributed by atoms with Crippen LogP contribution in [0.25, 0.3) is 0 Å². The summed E-state index contributed by atoms with van der Waals surface area (Å²) in [4.78, 5) is 2.54. The van der Waals surface area contributed by atoms with Gasteiger partial charge >= 0.3 is 0 Å². The predicted molar refractivity (Wildman–Crippen MR) is 77.9 cm³/mol. The molecular weight excluding hydrogens is 224 g/mol. The van der Waals surface area contributed by atoms with Crippen LogP contribution in [0.15, 0.2) is 0 Å². The average molecular weight is 256 g/mol. The molecule has 1 aliphatic rings. The van der Waals surface area contributed by atoms with E-state index < -0.39 is 0 Å². The van der Waals surface area contributed by atoms with Crippen molar-refractivity contribution in [1.29, 1.82) is 0 Å². The summed E-state index contributed by atoms with van der Waals surface area (Å²) in [6.45, 7) is 7.58. The van der Waals surface area contributed by atoms with Crippen LogP contribution in [0, 0.1) is 5.41 Å². The van der Waals surface area contributed by atoms with Crippen molar-refractivity contribution in [1.82, 2.24) is 10.2 Å². The van der Waals surface area contributed by atoms with Crippen molar-refractivity contribution in [3.63, 3.8) is 0 Å². The molecule has 1 rings (SSSR count). The average Bonchev–Trinajstić information content (AvgIpc) is 2.39. The first-order valence-corrected chi connectivity index (χ1v) is 7.57. The fourth-order valence-electron chi connectivity index (χ4n) is 2.64. The Hall–Kier alpha value is -0.120. The van der Waals surface area contributed by atoms with Crippen molar-refractivity contribution in [3.05, 3.63) is 0 Å². The molecule has 0 aromatic carbocycles. The molecule has 1 aliphatic carbocycles. The number of aliphatic hydroxyl groups is 1. The van der Waals surface area contributed by atoms with Crippen LogP contribution in [-0.2, 0) is 0 Å². The van der Waals surface area contributed by atoms with Gasteiger partial charge in [-0.05, 0) is 39.4 Å². The minimum Gasteiger partial charge on any atom is -0.396 e. The fraction of sp³-hybridized carbons (Fsp3) is 1.00. The van der Waals surface area contributed by atoms with Gasteiger partial charge in [0, 0.05) is 24.6 Å². The summed E-state index contributed by atoms with van der Waals surface area (Å²) in [5.74, 6) is 0. The van der Waals surface area contributed by atoms with Crippen molar-refractivity contribution < 1.29 is 5.11 Å². The lowest BCUT2D eigenvalue weighted by Crippen LogP contribution is -2.37. The molecule has 0 heterocycles. The van der Waals surface area contributed by atoms with Gasteiger partial charge < -0.3 is 15.3 Å². The van der Waals surface area contributed by atoms with E-state index in [1.165, 1.54) is 45.1 Å². The summed E-state index contributed by atoms with van der Waals surface area (Å²) in [6, 6.07) is 0.827. The van der Waals surface area contributed by atoms with Crippen molar-refractivity contribution in [2.24, 2.45) is 5.41 Å². The third kappa shape index (κ3) is 6.17. The van der Waals surface area contributed by atoms with E-state index >= 15 is 0 Å². The third-order valence-electron chi connectivity index (χ3n) is 4.09. The molecule has 2 N–H and O–H groups in total. The van der Waals surface area contributed by atoms with Crippen LogP contribution in [0.5, 0.6) is 0 Å². The molecule has 3 nitrogen and oxygen atoms in total. The largest absolute Gasteiger partial charge is 0.396 e. The minimum absolute atomic E-state index is 0.00920. The van der Waals surface area contributed by atoms with Gasteiger partial charge in [0.05, 0.1) is 0 Å². The maximum Gasteiger partial charge on any atom is 0.0494 e. The lowest BCUT2D eigenvalue weighted by Gasteiger charge is -2.31. The molecule has 0 bridgehead atoms. The van der Waals surface area contributed by atoms with Crippen molar-refractivity contribution in [2.75, 3.05) is 33.3 Å². The van der Waals surface area contributed by atoms with E-state index in [9.17, 15) is 0 Å².